The number of carbonyl (C=O) groups is 2. The van der Waals surface area contributed by atoms with Crippen molar-refractivity contribution in [2.24, 2.45) is 0 Å². The molecule has 1 N–H and O–H groups in total. The van der Waals surface area contributed by atoms with Gasteiger partial charge in [-0.1, -0.05) is 12.8 Å². The van der Waals surface area contributed by atoms with Gasteiger partial charge < -0.3 is 9.84 Å². The summed E-state index contributed by atoms with van der Waals surface area (Å²) in [6.07, 6.45) is 2.98. The highest BCUT2D eigenvalue weighted by atomic mass is 16.5. The van der Waals surface area contributed by atoms with E-state index >= 15 is 0 Å². The number of likely N-dealkylation sites (N-methyl/N-ethyl adjacent to an activating group) is 1. The number of carbonyl (C=O) groups excluding carboxylic acids is 1. The molecule has 1 rings (SSSR count). The molecule has 0 radical (unpaired) electrons. The number of rotatable bonds is 2. The number of aliphatic carboxylic acids is 1. The first-order valence-electron chi connectivity index (χ1n) is 5.10. The van der Waals surface area contributed by atoms with Crippen LogP contribution in [-0.2, 0) is 14.3 Å². The Labute approximate surface area is 89.0 Å². The molecule has 86 valence electrons. The fourth-order valence-electron chi connectivity index (χ4n) is 2.02. The van der Waals surface area contributed by atoms with E-state index < -0.39 is 18.1 Å². The molecule has 0 aromatic rings. The molecule has 0 bridgehead atoms. The van der Waals surface area contributed by atoms with E-state index in [1.807, 2.05) is 0 Å². The van der Waals surface area contributed by atoms with Gasteiger partial charge in [0.25, 0.3) is 0 Å². The molecule has 0 amide bonds. The lowest BCUT2D eigenvalue weighted by atomic mass is 10.1. The highest BCUT2D eigenvalue weighted by Gasteiger charge is 2.34. The smallest absolute Gasteiger partial charge is 0.323 e. The van der Waals surface area contributed by atoms with Crippen LogP contribution in [0.3, 0.4) is 0 Å². The number of esters is 1. The summed E-state index contributed by atoms with van der Waals surface area (Å²) in [4.78, 5) is 24.0. The van der Waals surface area contributed by atoms with Gasteiger partial charge in [-0.05, 0) is 19.9 Å². The molecule has 1 fully saturated rings. The Bertz CT molecular complexity index is 254. The van der Waals surface area contributed by atoms with Crippen molar-refractivity contribution in [1.29, 1.82) is 0 Å². The fraction of sp³-hybridized carbons (Fsp3) is 0.800. The van der Waals surface area contributed by atoms with Crippen molar-refractivity contribution < 1.29 is 19.4 Å². The number of likely N-dealkylation sites (tertiary alicyclic amines) is 1. The molecule has 1 aliphatic heterocycles. The van der Waals surface area contributed by atoms with Gasteiger partial charge in [0, 0.05) is 0 Å². The molecular weight excluding hydrogens is 198 g/mol. The second-order valence-electron chi connectivity index (χ2n) is 3.84. The Morgan fingerprint density at radius 1 is 1.27 bits per heavy atom. The minimum Gasteiger partial charge on any atom is -0.480 e. The zero-order chi connectivity index (χ0) is 11.4. The van der Waals surface area contributed by atoms with Crippen LogP contribution < -0.4 is 0 Å². The van der Waals surface area contributed by atoms with Gasteiger partial charge in [-0.15, -0.1) is 0 Å². The molecule has 0 spiro atoms. The largest absolute Gasteiger partial charge is 0.480 e. The maximum atomic E-state index is 11.4. The normalized spacial score (nSPS) is 28.1. The third kappa shape index (κ3) is 2.68. The van der Waals surface area contributed by atoms with Crippen LogP contribution in [0.1, 0.15) is 25.7 Å². The van der Waals surface area contributed by atoms with Crippen molar-refractivity contribution in [2.75, 3.05) is 14.2 Å². The van der Waals surface area contributed by atoms with Gasteiger partial charge in [0.2, 0.25) is 0 Å². The average molecular weight is 215 g/mol. The fourth-order valence-corrected chi connectivity index (χ4v) is 2.02. The van der Waals surface area contributed by atoms with E-state index in [0.717, 1.165) is 12.8 Å². The van der Waals surface area contributed by atoms with Crippen LogP contribution in [0, 0.1) is 0 Å². The van der Waals surface area contributed by atoms with E-state index in [2.05, 4.69) is 4.74 Å². The lowest BCUT2D eigenvalue weighted by Gasteiger charge is -2.28. The zero-order valence-electron chi connectivity index (χ0n) is 9.10. The standard InChI is InChI=1S/C10H17NO4/c1-11-7(9(12)13)5-3-4-6-8(11)10(14)15-2/h7-8H,3-6H2,1-2H3,(H,12,13). The zero-order valence-corrected chi connectivity index (χ0v) is 9.10. The highest BCUT2D eigenvalue weighted by Crippen LogP contribution is 2.21. The van der Waals surface area contributed by atoms with Crippen molar-refractivity contribution in [3.05, 3.63) is 0 Å². The summed E-state index contributed by atoms with van der Waals surface area (Å²) in [6.45, 7) is 0. The van der Waals surface area contributed by atoms with Crippen LogP contribution in [0.4, 0.5) is 0 Å². The Hall–Kier alpha value is -1.10. The van der Waals surface area contributed by atoms with Gasteiger partial charge in [0.05, 0.1) is 7.11 Å². The van der Waals surface area contributed by atoms with Crippen LogP contribution in [0.5, 0.6) is 0 Å². The molecule has 2 atom stereocenters. The van der Waals surface area contributed by atoms with Crippen LogP contribution in [0.2, 0.25) is 0 Å². The van der Waals surface area contributed by atoms with Crippen molar-refractivity contribution in [3.8, 4) is 0 Å². The summed E-state index contributed by atoms with van der Waals surface area (Å²) in [5.41, 5.74) is 0. The molecule has 0 aromatic carbocycles. The van der Waals surface area contributed by atoms with E-state index in [0.29, 0.717) is 12.8 Å². The monoisotopic (exact) mass is 215 g/mol. The first kappa shape index (κ1) is 12.0. The molecule has 0 aliphatic carbocycles. The molecule has 0 saturated carbocycles. The molecule has 1 aliphatic rings. The van der Waals surface area contributed by atoms with Gasteiger partial charge in [-0.3, -0.25) is 14.5 Å². The van der Waals surface area contributed by atoms with Crippen LogP contribution in [0.25, 0.3) is 0 Å². The Balaban J connectivity index is 2.79. The summed E-state index contributed by atoms with van der Waals surface area (Å²) in [7, 11) is 3.00. The maximum Gasteiger partial charge on any atom is 0.323 e. The Morgan fingerprint density at radius 3 is 2.27 bits per heavy atom. The predicted molar refractivity (Wildman–Crippen MR) is 53.5 cm³/mol. The summed E-state index contributed by atoms with van der Waals surface area (Å²) in [5, 5.41) is 9.01. The summed E-state index contributed by atoms with van der Waals surface area (Å²) < 4.78 is 4.67. The molecule has 1 heterocycles. The summed E-state index contributed by atoms with van der Waals surface area (Å²) >= 11 is 0. The van der Waals surface area contributed by atoms with Crippen LogP contribution in [-0.4, -0.2) is 48.2 Å². The molecule has 15 heavy (non-hydrogen) atoms. The molecule has 2 unspecified atom stereocenters. The van der Waals surface area contributed by atoms with E-state index in [4.69, 9.17) is 5.11 Å². The van der Waals surface area contributed by atoms with Gasteiger partial charge in [-0.2, -0.15) is 0 Å². The summed E-state index contributed by atoms with van der Waals surface area (Å²) in [6, 6.07) is -0.991. The minimum absolute atomic E-state index is 0.342. The van der Waals surface area contributed by atoms with E-state index in [1.54, 1.807) is 11.9 Å². The van der Waals surface area contributed by atoms with Gasteiger partial charge >= 0.3 is 11.9 Å². The van der Waals surface area contributed by atoms with E-state index in [9.17, 15) is 9.59 Å². The first-order valence-corrected chi connectivity index (χ1v) is 5.10. The van der Waals surface area contributed by atoms with Crippen molar-refractivity contribution in [1.82, 2.24) is 4.90 Å². The van der Waals surface area contributed by atoms with Crippen molar-refractivity contribution in [3.63, 3.8) is 0 Å². The van der Waals surface area contributed by atoms with E-state index in [1.165, 1.54) is 7.11 Å². The lowest BCUT2D eigenvalue weighted by molar-refractivity contribution is -0.151. The lowest BCUT2D eigenvalue weighted by Crippen LogP contribution is -2.47. The number of ether oxygens (including phenoxy) is 1. The topological polar surface area (TPSA) is 66.8 Å². The SMILES string of the molecule is COC(=O)C1CCCCC(C(=O)O)N1C. The van der Waals surface area contributed by atoms with Gasteiger partial charge in [-0.25, -0.2) is 0 Å². The molecule has 1 saturated heterocycles. The van der Waals surface area contributed by atoms with Gasteiger partial charge in [0.1, 0.15) is 12.1 Å². The quantitative estimate of drug-likeness (QED) is 0.679. The first-order chi connectivity index (χ1) is 7.07. The molecule has 5 heteroatoms. The predicted octanol–water partition coefficient (Wildman–Crippen LogP) is 0.487. The number of hydrogen-bond acceptors (Lipinski definition) is 4. The number of methoxy groups -OCH3 is 1. The van der Waals surface area contributed by atoms with Crippen molar-refractivity contribution in [2.45, 2.75) is 37.8 Å². The second kappa shape index (κ2) is 5.11. The van der Waals surface area contributed by atoms with E-state index in [-0.39, 0.29) is 5.97 Å². The Kier molecular flexibility index (Phi) is 4.08. The molecule has 0 aromatic heterocycles. The maximum absolute atomic E-state index is 11.4. The van der Waals surface area contributed by atoms with Gasteiger partial charge in [0.15, 0.2) is 0 Å². The van der Waals surface area contributed by atoms with Crippen molar-refractivity contribution >= 4 is 11.9 Å². The number of carboxylic acids is 1. The Morgan fingerprint density at radius 2 is 1.80 bits per heavy atom. The third-order valence-corrected chi connectivity index (χ3v) is 2.95. The summed E-state index contributed by atoms with van der Waals surface area (Å²) in [5.74, 6) is -1.21. The number of nitrogens with zero attached hydrogens (tertiary/aromatic N) is 1. The average Bonchev–Trinajstić information content (AvgIpc) is 2.39. The number of carboxylic acid groups (broad SMARTS) is 1. The number of hydrogen-bond donors (Lipinski definition) is 1. The molecule has 5 nitrogen and oxygen atoms in total. The minimum atomic E-state index is -0.867. The second-order valence-corrected chi connectivity index (χ2v) is 3.84. The molecular formula is C10H17NO4. The van der Waals surface area contributed by atoms with Crippen LogP contribution in [0.15, 0.2) is 0 Å². The third-order valence-electron chi connectivity index (χ3n) is 2.95. The highest BCUT2D eigenvalue weighted by molar-refractivity contribution is 5.78. The van der Waals surface area contributed by atoms with Crippen LogP contribution >= 0.6 is 0 Å².